The Hall–Kier alpha value is -5.32. The van der Waals surface area contributed by atoms with E-state index in [0.29, 0.717) is 38.6 Å². The number of aromatic nitrogens is 2. The molecule has 13 nitrogen and oxygen atoms in total. The molecule has 254 valence electrons. The van der Waals surface area contributed by atoms with E-state index in [0.717, 1.165) is 40.1 Å². The molecule has 1 aliphatic heterocycles. The van der Waals surface area contributed by atoms with Gasteiger partial charge in [-0.1, -0.05) is 43.0 Å². The second-order valence-corrected chi connectivity index (χ2v) is 11.1. The molecule has 0 radical (unpaired) electrons. The molecular weight excluding hydrogens is 612 g/mol. The third kappa shape index (κ3) is 10.3. The normalized spacial score (nSPS) is 13.3. The summed E-state index contributed by atoms with van der Waals surface area (Å²) in [7, 11) is 4.62. The average Bonchev–Trinajstić information content (AvgIpc) is 3.78. The lowest BCUT2D eigenvalue weighted by atomic mass is 10.1. The molecule has 2 aromatic carbocycles. The lowest BCUT2D eigenvalue weighted by Crippen LogP contribution is -2.49. The fourth-order valence-electron chi connectivity index (χ4n) is 5.00. The topological polar surface area (TPSA) is 153 Å². The number of carbonyl (C=O) groups excluding carboxylic acids is 3. The molecule has 0 aliphatic carbocycles. The number of likely N-dealkylation sites (N-methyl/N-ethyl adjacent to an activating group) is 1. The van der Waals surface area contributed by atoms with Crippen LogP contribution >= 0.6 is 0 Å². The number of benzene rings is 2. The fraction of sp³-hybridized carbons (Fsp3) is 0.371. The highest BCUT2D eigenvalue weighted by Gasteiger charge is 2.22. The number of imidazole rings is 1. The number of hydrogen-bond donors (Lipinski definition) is 5. The molecule has 0 spiro atoms. The molecule has 0 saturated heterocycles. The number of rotatable bonds is 15. The highest BCUT2D eigenvalue weighted by atomic mass is 16.5. The van der Waals surface area contributed by atoms with Crippen molar-refractivity contribution in [3.63, 3.8) is 0 Å². The van der Waals surface area contributed by atoms with E-state index in [9.17, 15) is 14.4 Å². The Morgan fingerprint density at radius 2 is 1.58 bits per heavy atom. The Morgan fingerprint density at radius 1 is 0.917 bits per heavy atom. The van der Waals surface area contributed by atoms with Crippen LogP contribution in [0.15, 0.2) is 60.9 Å². The van der Waals surface area contributed by atoms with Crippen molar-refractivity contribution in [2.24, 2.45) is 0 Å². The van der Waals surface area contributed by atoms with Crippen molar-refractivity contribution in [2.75, 3.05) is 60.6 Å². The first kappa shape index (κ1) is 35.5. The summed E-state index contributed by atoms with van der Waals surface area (Å²) >= 11 is 0. The van der Waals surface area contributed by atoms with E-state index < -0.39 is 6.09 Å². The van der Waals surface area contributed by atoms with Crippen LogP contribution in [0.2, 0.25) is 0 Å². The number of nitrogens with zero attached hydrogens (tertiary/aromatic N) is 3. The summed E-state index contributed by atoms with van der Waals surface area (Å²) in [4.78, 5) is 47.7. The molecule has 1 unspecified atom stereocenters. The monoisotopic (exact) mass is 656 g/mol. The van der Waals surface area contributed by atoms with Crippen molar-refractivity contribution in [1.82, 2.24) is 41.0 Å². The van der Waals surface area contributed by atoms with Crippen LogP contribution in [0.1, 0.15) is 35.9 Å². The molecule has 3 amide bonds. The molecule has 1 aromatic heterocycles. The van der Waals surface area contributed by atoms with Crippen LogP contribution in [0.25, 0.3) is 17.0 Å². The summed E-state index contributed by atoms with van der Waals surface area (Å²) in [6.07, 6.45) is 3.67. The summed E-state index contributed by atoms with van der Waals surface area (Å²) < 4.78 is 9.71. The Balaban J connectivity index is 1.30. The number of H-pyrrole nitrogens is 1. The molecule has 0 saturated carbocycles. The number of hydrogen-bond acceptors (Lipinski definition) is 9. The van der Waals surface area contributed by atoms with Crippen molar-refractivity contribution < 1.29 is 23.9 Å². The predicted octanol–water partition coefficient (Wildman–Crippen LogP) is 2.08. The number of carbonyl (C=O) groups is 3. The fourth-order valence-corrected chi connectivity index (χ4v) is 5.00. The highest BCUT2D eigenvalue weighted by Crippen LogP contribution is 2.19. The molecule has 13 heteroatoms. The van der Waals surface area contributed by atoms with Gasteiger partial charge in [-0.05, 0) is 48.9 Å². The van der Waals surface area contributed by atoms with Gasteiger partial charge in [0, 0.05) is 37.5 Å². The maximum absolute atomic E-state index is 12.6. The van der Waals surface area contributed by atoms with E-state index in [1.54, 1.807) is 30.2 Å². The molecule has 0 bridgehead atoms. The second kappa shape index (κ2) is 18.1. The zero-order valence-electron chi connectivity index (χ0n) is 27.9. The van der Waals surface area contributed by atoms with Gasteiger partial charge in [-0.25, -0.2) is 9.78 Å². The van der Waals surface area contributed by atoms with E-state index >= 15 is 0 Å². The van der Waals surface area contributed by atoms with Gasteiger partial charge in [0.15, 0.2) is 0 Å². The third-order valence-electron chi connectivity index (χ3n) is 7.54. The van der Waals surface area contributed by atoms with Crippen LogP contribution in [0.3, 0.4) is 0 Å². The van der Waals surface area contributed by atoms with Crippen molar-refractivity contribution >= 4 is 23.6 Å². The van der Waals surface area contributed by atoms with E-state index in [1.807, 2.05) is 61.7 Å². The molecule has 5 N–H and O–H groups in total. The predicted molar refractivity (Wildman–Crippen MR) is 183 cm³/mol. The first-order valence-electron chi connectivity index (χ1n) is 15.8. The number of aromatic amines is 1. The van der Waals surface area contributed by atoms with Crippen molar-refractivity contribution in [3.05, 3.63) is 83.4 Å². The molecule has 2 heterocycles. The number of amides is 3. The molecule has 0 fully saturated rings. The Labute approximate surface area is 281 Å². The van der Waals surface area contributed by atoms with E-state index in [1.165, 1.54) is 7.11 Å². The first-order chi connectivity index (χ1) is 23.3. The number of alkyl carbamates (subject to hydrolysis) is 1. The van der Waals surface area contributed by atoms with Gasteiger partial charge in [-0.15, -0.1) is 0 Å². The van der Waals surface area contributed by atoms with Crippen molar-refractivity contribution in [2.45, 2.75) is 26.1 Å². The summed E-state index contributed by atoms with van der Waals surface area (Å²) in [5, 5.41) is 12.1. The van der Waals surface area contributed by atoms with E-state index in [-0.39, 0.29) is 31.1 Å². The maximum Gasteiger partial charge on any atom is 0.407 e. The lowest BCUT2D eigenvalue weighted by Gasteiger charge is -2.26. The van der Waals surface area contributed by atoms with Crippen LogP contribution in [-0.4, -0.2) is 104 Å². The molecule has 1 aliphatic rings. The highest BCUT2D eigenvalue weighted by molar-refractivity contribution is 5.82. The largest absolute Gasteiger partial charge is 0.453 e. The van der Waals surface area contributed by atoms with E-state index in [4.69, 9.17) is 4.74 Å². The SMILES string of the molecule is CCCN(CC1NC=C(c2ccc(C#Cc3ccc(-c4cnc(CN(CCOC)C(=O)CNC)[nH]4)cc3)cc2)N1)C(=O)CNC(=O)OC. The summed E-state index contributed by atoms with van der Waals surface area (Å²) in [6, 6.07) is 15.9. The minimum absolute atomic E-state index is 0.0180. The molecular formula is C35H44N8O5. The zero-order valence-corrected chi connectivity index (χ0v) is 27.9. The van der Waals surface area contributed by atoms with Crippen LogP contribution in [0.4, 0.5) is 4.79 Å². The number of methoxy groups -OCH3 is 2. The van der Waals surface area contributed by atoms with Crippen molar-refractivity contribution in [1.29, 1.82) is 0 Å². The first-order valence-corrected chi connectivity index (χ1v) is 15.8. The summed E-state index contributed by atoms with van der Waals surface area (Å²) in [6.45, 7) is 4.45. The van der Waals surface area contributed by atoms with Gasteiger partial charge >= 0.3 is 6.09 Å². The van der Waals surface area contributed by atoms with Crippen molar-refractivity contribution in [3.8, 4) is 23.1 Å². The lowest BCUT2D eigenvalue weighted by molar-refractivity contribution is -0.131. The van der Waals surface area contributed by atoms with Gasteiger partial charge in [-0.3, -0.25) is 9.59 Å². The Kier molecular flexibility index (Phi) is 13.4. The van der Waals surface area contributed by atoms with Gasteiger partial charge in [0.2, 0.25) is 11.8 Å². The molecule has 48 heavy (non-hydrogen) atoms. The molecule has 3 aromatic rings. The van der Waals surface area contributed by atoms with Gasteiger partial charge < -0.3 is 45.5 Å². The summed E-state index contributed by atoms with van der Waals surface area (Å²) in [5.41, 5.74) is 5.50. The van der Waals surface area contributed by atoms with Gasteiger partial charge in [0.1, 0.15) is 18.5 Å². The van der Waals surface area contributed by atoms with Crippen LogP contribution in [0, 0.1) is 11.8 Å². The van der Waals surface area contributed by atoms with Crippen LogP contribution in [0.5, 0.6) is 0 Å². The standard InChI is InChI=1S/C35H44N8O5/c1-5-16-42(34(45)22-39-35(46)48-4)23-31-37-19-29(40-31)27-12-8-25(9-13-27)6-7-26-10-14-28(15-11-26)30-20-38-32(41-30)24-43(17-18-47-3)33(44)21-36-2/h8-15,19-20,31,36-37,40H,5,16-18,21-24H2,1-4H3,(H,38,41)(H,39,46). The minimum Gasteiger partial charge on any atom is -0.453 e. The minimum atomic E-state index is -0.634. The average molecular weight is 657 g/mol. The quantitative estimate of drug-likeness (QED) is 0.155. The van der Waals surface area contributed by atoms with Crippen LogP contribution in [-0.2, 0) is 25.6 Å². The Morgan fingerprint density at radius 3 is 2.21 bits per heavy atom. The maximum atomic E-state index is 12.6. The Bertz CT molecular complexity index is 1610. The third-order valence-corrected chi connectivity index (χ3v) is 7.54. The second-order valence-electron chi connectivity index (χ2n) is 11.1. The van der Waals surface area contributed by atoms with Gasteiger partial charge in [-0.2, -0.15) is 0 Å². The van der Waals surface area contributed by atoms with E-state index in [2.05, 4.69) is 47.8 Å². The smallest absolute Gasteiger partial charge is 0.407 e. The number of nitrogens with one attached hydrogen (secondary N) is 5. The molecule has 4 rings (SSSR count). The van der Waals surface area contributed by atoms with Gasteiger partial charge in [0.05, 0.1) is 50.9 Å². The molecule has 1 atom stereocenters. The van der Waals surface area contributed by atoms with Gasteiger partial charge in [0.25, 0.3) is 0 Å². The summed E-state index contributed by atoms with van der Waals surface area (Å²) in [5.74, 6) is 6.95. The zero-order chi connectivity index (χ0) is 34.3. The van der Waals surface area contributed by atoms with Crippen LogP contribution < -0.4 is 21.3 Å². The number of ether oxygens (including phenoxy) is 2.